The summed E-state index contributed by atoms with van der Waals surface area (Å²) >= 11 is 0. The van der Waals surface area contributed by atoms with Gasteiger partial charge in [-0.3, -0.25) is 9.59 Å². The van der Waals surface area contributed by atoms with Crippen molar-refractivity contribution in [2.45, 2.75) is 26.9 Å². The molecule has 0 amide bonds. The third-order valence-corrected chi connectivity index (χ3v) is 4.41. The summed E-state index contributed by atoms with van der Waals surface area (Å²) in [5, 5.41) is 0.802. The first-order chi connectivity index (χ1) is 12.3. The van der Waals surface area contributed by atoms with Gasteiger partial charge in [-0.2, -0.15) is 0 Å². The number of benzene rings is 1. The predicted octanol–water partition coefficient (Wildman–Crippen LogP) is 3.45. The zero-order valence-corrected chi connectivity index (χ0v) is 15.1. The van der Waals surface area contributed by atoms with Gasteiger partial charge in [0.1, 0.15) is 5.69 Å². The monoisotopic (exact) mass is 352 g/mol. The number of nitrogens with zero attached hydrogens (tertiary/aromatic N) is 1. The number of rotatable bonds is 5. The van der Waals surface area contributed by atoms with Crippen LogP contribution in [0.2, 0.25) is 0 Å². The smallest absolute Gasteiger partial charge is 0.355 e. The van der Waals surface area contributed by atoms with Crippen molar-refractivity contribution in [3.63, 3.8) is 0 Å². The molecule has 3 rings (SSSR count). The lowest BCUT2D eigenvalue weighted by molar-refractivity contribution is 0.0310. The molecule has 26 heavy (non-hydrogen) atoms. The van der Waals surface area contributed by atoms with Crippen LogP contribution >= 0.6 is 0 Å². The van der Waals surface area contributed by atoms with Crippen LogP contribution in [0.15, 0.2) is 36.5 Å². The van der Waals surface area contributed by atoms with E-state index in [0.717, 1.165) is 16.6 Å². The van der Waals surface area contributed by atoms with Crippen molar-refractivity contribution in [1.29, 1.82) is 0 Å². The second-order valence-corrected chi connectivity index (χ2v) is 6.36. The highest BCUT2D eigenvalue weighted by molar-refractivity contribution is 6.11. The number of ketones is 2. The Balaban J connectivity index is 1.84. The van der Waals surface area contributed by atoms with Gasteiger partial charge in [0.25, 0.3) is 0 Å². The number of carbonyl (C=O) groups is 3. The fourth-order valence-corrected chi connectivity index (χ4v) is 3.03. The number of hydrogen-bond acceptors (Lipinski definition) is 4. The largest absolute Gasteiger partial charge is 0.450 e. The molecule has 2 aromatic heterocycles. The molecule has 1 atom stereocenters. The Labute approximate surface area is 150 Å². The Morgan fingerprint density at radius 2 is 1.88 bits per heavy atom. The molecule has 3 aromatic rings. The average molecular weight is 352 g/mol. The molecule has 0 unspecified atom stereocenters. The molecule has 0 bridgehead atoms. The van der Waals surface area contributed by atoms with E-state index < -0.39 is 12.1 Å². The number of nitrogens with one attached hydrogen (secondary N) is 1. The molecule has 1 N–H and O–H groups in total. The Morgan fingerprint density at radius 1 is 1.19 bits per heavy atom. The normalized spacial score (nSPS) is 12.2. The lowest BCUT2D eigenvalue weighted by atomic mass is 10.0. The van der Waals surface area contributed by atoms with Crippen LogP contribution in [0.4, 0.5) is 0 Å². The molecule has 0 fully saturated rings. The van der Waals surface area contributed by atoms with Gasteiger partial charge >= 0.3 is 5.97 Å². The van der Waals surface area contributed by atoms with E-state index in [1.807, 2.05) is 31.2 Å². The summed E-state index contributed by atoms with van der Waals surface area (Å²) in [5.74, 6) is -1.05. The van der Waals surface area contributed by atoms with Gasteiger partial charge in [-0.05, 0) is 32.9 Å². The van der Waals surface area contributed by atoms with E-state index in [4.69, 9.17) is 4.74 Å². The summed E-state index contributed by atoms with van der Waals surface area (Å²) in [5.41, 5.74) is 2.77. The first-order valence-electron chi connectivity index (χ1n) is 8.29. The quantitative estimate of drug-likeness (QED) is 0.563. The third kappa shape index (κ3) is 3.06. The molecule has 0 spiro atoms. The summed E-state index contributed by atoms with van der Waals surface area (Å²) in [6.07, 6.45) is 0.617. The molecule has 0 aliphatic rings. The van der Waals surface area contributed by atoms with Crippen LogP contribution in [0.5, 0.6) is 0 Å². The highest BCUT2D eigenvalue weighted by Crippen LogP contribution is 2.24. The van der Waals surface area contributed by atoms with E-state index in [1.54, 1.807) is 20.2 Å². The number of fused-ring (bicyclic) bond motifs is 1. The summed E-state index contributed by atoms with van der Waals surface area (Å²) in [7, 11) is 1.65. The van der Waals surface area contributed by atoms with Crippen molar-refractivity contribution in [2.75, 3.05) is 0 Å². The lowest BCUT2D eigenvalue weighted by Gasteiger charge is -2.13. The molecular formula is C20H20N2O4. The van der Waals surface area contributed by atoms with Gasteiger partial charge in [-0.25, -0.2) is 4.79 Å². The molecular weight excluding hydrogens is 332 g/mol. The molecule has 6 heteroatoms. The van der Waals surface area contributed by atoms with Crippen molar-refractivity contribution >= 4 is 28.4 Å². The van der Waals surface area contributed by atoms with Crippen LogP contribution in [-0.4, -0.2) is 33.2 Å². The van der Waals surface area contributed by atoms with Crippen LogP contribution in [0.25, 0.3) is 10.9 Å². The van der Waals surface area contributed by atoms with E-state index in [1.165, 1.54) is 17.6 Å². The number of esters is 1. The summed E-state index contributed by atoms with van der Waals surface area (Å²) in [4.78, 5) is 39.9. The summed E-state index contributed by atoms with van der Waals surface area (Å²) in [6, 6.07) is 8.97. The van der Waals surface area contributed by atoms with Crippen LogP contribution in [0.1, 0.15) is 50.7 Å². The number of ether oxygens (including phenoxy) is 1. The maximum absolute atomic E-state index is 12.8. The SMILES string of the molecule is CC(=O)c1cc(C(=O)O[C@H](C)C(=O)c2c(C)[nH]c3ccccc23)n(C)c1. The molecule has 0 saturated heterocycles. The number of hydrogen-bond donors (Lipinski definition) is 1. The van der Waals surface area contributed by atoms with E-state index in [2.05, 4.69) is 4.98 Å². The van der Waals surface area contributed by atoms with Crippen LogP contribution in [-0.2, 0) is 11.8 Å². The van der Waals surface area contributed by atoms with Crippen LogP contribution in [0.3, 0.4) is 0 Å². The number of para-hydroxylation sites is 1. The number of Topliss-reactive ketones (excluding diaryl/α,β-unsaturated/α-hetero) is 2. The van der Waals surface area contributed by atoms with E-state index in [-0.39, 0.29) is 17.3 Å². The van der Waals surface area contributed by atoms with Gasteiger partial charge in [-0.1, -0.05) is 18.2 Å². The minimum Gasteiger partial charge on any atom is -0.450 e. The molecule has 0 saturated carbocycles. The zero-order valence-electron chi connectivity index (χ0n) is 15.1. The molecule has 134 valence electrons. The Bertz CT molecular complexity index is 1030. The third-order valence-electron chi connectivity index (χ3n) is 4.41. The molecule has 2 heterocycles. The minimum atomic E-state index is -0.948. The Kier molecular flexibility index (Phi) is 4.50. The maximum Gasteiger partial charge on any atom is 0.355 e. The van der Waals surface area contributed by atoms with Crippen LogP contribution in [0, 0.1) is 6.92 Å². The second-order valence-electron chi connectivity index (χ2n) is 6.36. The standard InChI is InChI=1S/C20H20N2O4/c1-11-18(15-7-5-6-8-16(15)21-11)19(24)13(3)26-20(25)17-9-14(12(2)23)10-22(17)4/h5-10,13,21H,1-4H3/t13-/m1/s1. The molecule has 0 radical (unpaired) electrons. The van der Waals surface area contributed by atoms with Gasteiger partial charge in [0.05, 0.1) is 0 Å². The highest BCUT2D eigenvalue weighted by atomic mass is 16.5. The van der Waals surface area contributed by atoms with Gasteiger partial charge in [0.2, 0.25) is 5.78 Å². The second kappa shape index (κ2) is 6.63. The van der Waals surface area contributed by atoms with Crippen LogP contribution < -0.4 is 0 Å². The minimum absolute atomic E-state index is 0.141. The zero-order chi connectivity index (χ0) is 19.0. The Hall–Kier alpha value is -3.15. The number of carbonyl (C=O) groups excluding carboxylic acids is 3. The van der Waals surface area contributed by atoms with Gasteiger partial charge in [0, 0.05) is 41.0 Å². The fourth-order valence-electron chi connectivity index (χ4n) is 3.03. The molecule has 0 aliphatic heterocycles. The number of aromatic nitrogens is 2. The van der Waals surface area contributed by atoms with E-state index >= 15 is 0 Å². The maximum atomic E-state index is 12.8. The van der Waals surface area contributed by atoms with E-state index in [0.29, 0.717) is 11.1 Å². The highest BCUT2D eigenvalue weighted by Gasteiger charge is 2.26. The number of aromatic amines is 1. The van der Waals surface area contributed by atoms with Crippen molar-refractivity contribution in [3.05, 3.63) is 59.0 Å². The molecule has 6 nitrogen and oxygen atoms in total. The van der Waals surface area contributed by atoms with Crippen molar-refractivity contribution in [2.24, 2.45) is 7.05 Å². The fraction of sp³-hybridized carbons (Fsp3) is 0.250. The van der Waals surface area contributed by atoms with Gasteiger partial charge < -0.3 is 14.3 Å². The first kappa shape index (κ1) is 17.7. The number of H-pyrrole nitrogens is 1. The van der Waals surface area contributed by atoms with Crippen molar-refractivity contribution < 1.29 is 19.1 Å². The summed E-state index contributed by atoms with van der Waals surface area (Å²) in [6.45, 7) is 4.80. The van der Waals surface area contributed by atoms with Gasteiger partial charge in [0.15, 0.2) is 11.9 Å². The van der Waals surface area contributed by atoms with E-state index in [9.17, 15) is 14.4 Å². The molecule has 0 aliphatic carbocycles. The average Bonchev–Trinajstić information content (AvgIpc) is 3.13. The van der Waals surface area contributed by atoms with Crippen molar-refractivity contribution in [1.82, 2.24) is 9.55 Å². The van der Waals surface area contributed by atoms with Gasteiger partial charge in [-0.15, -0.1) is 0 Å². The van der Waals surface area contributed by atoms with Crippen molar-refractivity contribution in [3.8, 4) is 0 Å². The number of aryl methyl sites for hydroxylation is 2. The predicted molar refractivity (Wildman–Crippen MR) is 97.7 cm³/mol. The topological polar surface area (TPSA) is 81.2 Å². The first-order valence-corrected chi connectivity index (χ1v) is 8.29. The summed E-state index contributed by atoms with van der Waals surface area (Å²) < 4.78 is 6.89. The lowest BCUT2D eigenvalue weighted by Crippen LogP contribution is -2.25. The molecule has 1 aromatic carbocycles. The Morgan fingerprint density at radius 3 is 2.54 bits per heavy atom.